The first-order valence-corrected chi connectivity index (χ1v) is 12.8. The number of carbonyl (C=O) groups is 3. The van der Waals surface area contributed by atoms with E-state index in [1.165, 1.54) is 4.90 Å². The molecule has 34 heavy (non-hydrogen) atoms. The zero-order chi connectivity index (χ0) is 24.5. The van der Waals surface area contributed by atoms with Crippen molar-refractivity contribution >= 4 is 39.3 Å². The first-order chi connectivity index (χ1) is 16.4. The van der Waals surface area contributed by atoms with E-state index < -0.39 is 29.6 Å². The van der Waals surface area contributed by atoms with Crippen LogP contribution in [0.15, 0.2) is 24.3 Å². The van der Waals surface area contributed by atoms with E-state index in [2.05, 4.69) is 26.6 Å². The van der Waals surface area contributed by atoms with Crippen LogP contribution in [0, 0.1) is 11.8 Å². The third kappa shape index (κ3) is 4.20. The maximum Gasteiger partial charge on any atom is 0.245 e. The number of ether oxygens (including phenoxy) is 2. The van der Waals surface area contributed by atoms with Crippen LogP contribution in [0.1, 0.15) is 33.1 Å². The van der Waals surface area contributed by atoms with E-state index in [0.717, 1.165) is 12.8 Å². The molecule has 3 aliphatic rings. The fraction of sp³-hybridized carbons (Fsp3) is 0.625. The Morgan fingerprint density at radius 2 is 2.00 bits per heavy atom. The Balaban J connectivity index is 1.60. The quantitative estimate of drug-likeness (QED) is 0.308. The maximum absolute atomic E-state index is 13.5. The topological polar surface area (TPSA) is 117 Å². The lowest BCUT2D eigenvalue weighted by molar-refractivity contribution is -0.141. The second-order valence-corrected chi connectivity index (χ2v) is 10.2. The maximum atomic E-state index is 13.5. The van der Waals surface area contributed by atoms with E-state index in [4.69, 9.17) is 9.47 Å². The first-order valence-electron chi connectivity index (χ1n) is 11.9. The van der Waals surface area contributed by atoms with Gasteiger partial charge in [0.1, 0.15) is 17.4 Å². The Kier molecular flexibility index (Phi) is 7.49. The number of fused-ring (bicyclic) bond motifs is 1. The summed E-state index contributed by atoms with van der Waals surface area (Å²) in [7, 11) is 0. The molecule has 4 rings (SSSR count). The van der Waals surface area contributed by atoms with Gasteiger partial charge < -0.3 is 30.1 Å². The van der Waals surface area contributed by atoms with E-state index in [-0.39, 0.29) is 35.7 Å². The van der Waals surface area contributed by atoms with Crippen molar-refractivity contribution in [3.05, 3.63) is 24.3 Å². The number of unbranched alkanes of at least 4 members (excludes halogenated alkanes) is 1. The van der Waals surface area contributed by atoms with E-state index in [0.29, 0.717) is 31.0 Å². The van der Waals surface area contributed by atoms with Crippen molar-refractivity contribution in [3.63, 3.8) is 0 Å². The van der Waals surface area contributed by atoms with Crippen molar-refractivity contribution in [2.24, 2.45) is 11.8 Å². The molecule has 0 radical (unpaired) electrons. The summed E-state index contributed by atoms with van der Waals surface area (Å²) in [5.74, 6) is -1.79. The third-order valence-electron chi connectivity index (χ3n) is 6.94. The van der Waals surface area contributed by atoms with E-state index in [1.54, 1.807) is 24.3 Å². The average Bonchev–Trinajstić information content (AvgIpc) is 3.39. The highest BCUT2D eigenvalue weighted by molar-refractivity contribution is 9.09. The lowest BCUT2D eigenvalue weighted by Gasteiger charge is -2.34. The number of aliphatic hydroxyl groups is 1. The summed E-state index contributed by atoms with van der Waals surface area (Å²) in [5, 5.41) is 15.4. The van der Waals surface area contributed by atoms with Crippen molar-refractivity contribution < 1.29 is 29.0 Å². The Bertz CT molecular complexity index is 928. The molecule has 0 aromatic heterocycles. The molecule has 3 unspecified atom stereocenters. The molecular formula is C24H32BrN3O6. The van der Waals surface area contributed by atoms with Gasteiger partial charge in [-0.15, -0.1) is 0 Å². The second kappa shape index (κ2) is 10.2. The summed E-state index contributed by atoms with van der Waals surface area (Å²) in [4.78, 5) is 41.4. The fourth-order valence-corrected chi connectivity index (χ4v) is 6.53. The predicted molar refractivity (Wildman–Crippen MR) is 129 cm³/mol. The molecule has 3 heterocycles. The second-order valence-electron chi connectivity index (χ2n) is 9.01. The predicted octanol–water partition coefficient (Wildman–Crippen LogP) is 1.68. The van der Waals surface area contributed by atoms with Crippen LogP contribution in [0.2, 0.25) is 0 Å². The standard InChI is InChI=1S/C24H32BrN3O6/c1-3-5-10-26-22(31)20-24-13-16(25)19(34-24)17(18(24)23(32)28(20)11-12-29)21(30)27-14-6-8-15(9-7-14)33-4-2/h6-9,16-20,29H,3-5,10-13H2,1-2H3,(H,26,31)(H,27,30)/t16?,17-,18+,19-,20?,24?/m1/s1. The minimum Gasteiger partial charge on any atom is -0.494 e. The Morgan fingerprint density at radius 1 is 1.26 bits per heavy atom. The van der Waals surface area contributed by atoms with E-state index >= 15 is 0 Å². The highest BCUT2D eigenvalue weighted by Gasteiger charge is 2.76. The molecule has 0 saturated carbocycles. The molecule has 1 aromatic rings. The number of carbonyl (C=O) groups excluding carboxylic acids is 3. The molecule has 3 aliphatic heterocycles. The zero-order valence-corrected chi connectivity index (χ0v) is 21.0. The van der Waals surface area contributed by atoms with Gasteiger partial charge in [-0.25, -0.2) is 0 Å². The summed E-state index contributed by atoms with van der Waals surface area (Å²) >= 11 is 3.63. The summed E-state index contributed by atoms with van der Waals surface area (Å²) in [6, 6.07) is 6.15. The number of nitrogens with zero attached hydrogens (tertiary/aromatic N) is 1. The van der Waals surface area contributed by atoms with Gasteiger partial charge in [-0.2, -0.15) is 0 Å². The van der Waals surface area contributed by atoms with Crippen LogP contribution >= 0.6 is 15.9 Å². The number of likely N-dealkylation sites (tertiary alicyclic amines) is 1. The summed E-state index contributed by atoms with van der Waals surface area (Å²) in [6.45, 7) is 4.70. The molecule has 3 saturated heterocycles. The molecule has 186 valence electrons. The van der Waals surface area contributed by atoms with Gasteiger partial charge in [0.05, 0.1) is 31.2 Å². The number of aliphatic hydroxyl groups excluding tert-OH is 1. The number of rotatable bonds is 10. The lowest BCUT2D eigenvalue weighted by atomic mass is 9.70. The van der Waals surface area contributed by atoms with Gasteiger partial charge >= 0.3 is 0 Å². The SMILES string of the molecule is CCCCNC(=O)C1N(CCO)C(=O)[C@@H]2[C@@H](C(=O)Nc3ccc(OCC)cc3)[C@@H]3OC12CC3Br. The monoisotopic (exact) mass is 537 g/mol. The number of nitrogens with one attached hydrogen (secondary N) is 2. The van der Waals surface area contributed by atoms with Gasteiger partial charge in [0.2, 0.25) is 17.7 Å². The zero-order valence-electron chi connectivity index (χ0n) is 19.5. The summed E-state index contributed by atoms with van der Waals surface area (Å²) < 4.78 is 11.8. The van der Waals surface area contributed by atoms with Crippen LogP contribution in [0.5, 0.6) is 5.75 Å². The normalized spacial score (nSPS) is 31.5. The molecule has 0 aliphatic carbocycles. The molecule has 1 spiro atoms. The van der Waals surface area contributed by atoms with Crippen LogP contribution in [-0.2, 0) is 19.1 Å². The Hall–Kier alpha value is -2.17. The number of β-amino-alcohol motifs (C(OH)–C–C–N with tert-alkyl or cyclic N) is 1. The molecule has 9 nitrogen and oxygen atoms in total. The van der Waals surface area contributed by atoms with Crippen LogP contribution < -0.4 is 15.4 Å². The van der Waals surface area contributed by atoms with Crippen molar-refractivity contribution in [3.8, 4) is 5.75 Å². The van der Waals surface area contributed by atoms with Crippen molar-refractivity contribution in [2.45, 2.75) is 55.7 Å². The van der Waals surface area contributed by atoms with Crippen molar-refractivity contribution in [2.75, 3.05) is 31.6 Å². The number of hydrogen-bond donors (Lipinski definition) is 3. The molecule has 2 bridgehead atoms. The van der Waals surface area contributed by atoms with E-state index in [1.807, 2.05) is 13.8 Å². The van der Waals surface area contributed by atoms with Crippen LogP contribution in [0.25, 0.3) is 0 Å². The Morgan fingerprint density at radius 3 is 2.65 bits per heavy atom. The van der Waals surface area contributed by atoms with Crippen molar-refractivity contribution in [1.29, 1.82) is 0 Å². The minimum atomic E-state index is -1.11. The largest absolute Gasteiger partial charge is 0.494 e. The molecular weight excluding hydrogens is 506 g/mol. The average molecular weight is 538 g/mol. The van der Waals surface area contributed by atoms with Crippen LogP contribution in [0.3, 0.4) is 0 Å². The molecule has 3 amide bonds. The third-order valence-corrected chi connectivity index (χ3v) is 7.79. The van der Waals surface area contributed by atoms with Gasteiger partial charge in [-0.3, -0.25) is 14.4 Å². The lowest BCUT2D eigenvalue weighted by Crippen LogP contribution is -2.56. The number of alkyl halides is 1. The smallest absolute Gasteiger partial charge is 0.245 e. The first kappa shape index (κ1) is 24.9. The van der Waals surface area contributed by atoms with E-state index in [9.17, 15) is 19.5 Å². The number of hydrogen-bond acceptors (Lipinski definition) is 6. The minimum absolute atomic E-state index is 0.0111. The molecule has 3 N–H and O–H groups in total. The van der Waals surface area contributed by atoms with Gasteiger partial charge in [0.25, 0.3) is 0 Å². The highest BCUT2D eigenvalue weighted by Crippen LogP contribution is 2.60. The highest BCUT2D eigenvalue weighted by atomic mass is 79.9. The van der Waals surface area contributed by atoms with Gasteiger partial charge in [0.15, 0.2) is 0 Å². The van der Waals surface area contributed by atoms with Gasteiger partial charge in [0, 0.05) is 23.6 Å². The number of anilines is 1. The van der Waals surface area contributed by atoms with Gasteiger partial charge in [-0.1, -0.05) is 29.3 Å². The Labute approximate surface area is 207 Å². The van der Waals surface area contributed by atoms with Gasteiger partial charge in [-0.05, 0) is 44.0 Å². The molecule has 3 fully saturated rings. The summed E-state index contributed by atoms with van der Waals surface area (Å²) in [5.41, 5.74) is -0.523. The van der Waals surface area contributed by atoms with Crippen LogP contribution in [0.4, 0.5) is 5.69 Å². The molecule has 10 heteroatoms. The molecule has 1 aromatic carbocycles. The molecule has 6 atom stereocenters. The summed E-state index contributed by atoms with van der Waals surface area (Å²) in [6.07, 6.45) is 1.65. The number of halogens is 1. The number of amides is 3. The number of benzene rings is 1. The van der Waals surface area contributed by atoms with Crippen molar-refractivity contribution in [1.82, 2.24) is 10.2 Å². The van der Waals surface area contributed by atoms with Crippen LogP contribution in [-0.4, -0.2) is 76.6 Å². The fourth-order valence-electron chi connectivity index (χ4n) is 5.59.